The molecule has 162 valence electrons. The molecule has 2 aromatic rings. The standard InChI is InChI=1S/C23H25ClF2O3S/c1-30(27,28)12-10-16-3-2-11-23(13-15-4-6-17(24)7-5-15)18(16)14-29-22-20(26)9-8-19(25)21(22)23/h4-9,16,18H,2-3,10-14H2,1H3/t16-,18-,23-/m1/s1. The normalized spacial score (nSPS) is 25.9. The Kier molecular flexibility index (Phi) is 5.84. The Morgan fingerprint density at radius 1 is 1.13 bits per heavy atom. The van der Waals surface area contributed by atoms with E-state index >= 15 is 4.39 Å². The number of halogens is 3. The minimum absolute atomic E-state index is 0.00368. The number of rotatable bonds is 5. The molecular weight excluding hydrogens is 430 g/mol. The summed E-state index contributed by atoms with van der Waals surface area (Å²) < 4.78 is 59.1. The van der Waals surface area contributed by atoms with Gasteiger partial charge in [0.1, 0.15) is 15.7 Å². The lowest BCUT2D eigenvalue weighted by molar-refractivity contribution is 0.0317. The Morgan fingerprint density at radius 2 is 1.83 bits per heavy atom. The lowest BCUT2D eigenvalue weighted by Gasteiger charge is -2.52. The van der Waals surface area contributed by atoms with Gasteiger partial charge in [-0.25, -0.2) is 17.2 Å². The summed E-state index contributed by atoms with van der Waals surface area (Å²) in [5.41, 5.74) is 0.649. The third-order valence-electron chi connectivity index (χ3n) is 6.73. The van der Waals surface area contributed by atoms with Crippen molar-refractivity contribution in [2.75, 3.05) is 18.6 Å². The molecule has 1 aliphatic carbocycles. The summed E-state index contributed by atoms with van der Waals surface area (Å²) in [5.74, 6) is -0.954. The van der Waals surface area contributed by atoms with Gasteiger partial charge in [0.05, 0.1) is 12.4 Å². The summed E-state index contributed by atoms with van der Waals surface area (Å²) in [6.45, 7) is 0.259. The highest BCUT2D eigenvalue weighted by Crippen LogP contribution is 2.55. The minimum atomic E-state index is -3.11. The second-order valence-electron chi connectivity index (χ2n) is 8.68. The number of ether oxygens (including phenoxy) is 1. The summed E-state index contributed by atoms with van der Waals surface area (Å²) in [4.78, 5) is 0. The van der Waals surface area contributed by atoms with Crippen LogP contribution in [0.15, 0.2) is 36.4 Å². The van der Waals surface area contributed by atoms with Gasteiger partial charge in [-0.1, -0.05) is 30.2 Å². The molecule has 1 aliphatic heterocycles. The monoisotopic (exact) mass is 454 g/mol. The summed E-state index contributed by atoms with van der Waals surface area (Å²) in [5, 5.41) is 0.618. The summed E-state index contributed by atoms with van der Waals surface area (Å²) in [6, 6.07) is 9.71. The molecule has 0 amide bonds. The molecule has 0 bridgehead atoms. The topological polar surface area (TPSA) is 43.4 Å². The van der Waals surface area contributed by atoms with E-state index in [9.17, 15) is 12.8 Å². The Labute approximate surface area is 181 Å². The molecule has 0 N–H and O–H groups in total. The number of hydrogen-bond acceptors (Lipinski definition) is 3. The Hall–Kier alpha value is -1.66. The van der Waals surface area contributed by atoms with E-state index in [1.807, 2.05) is 12.1 Å². The quantitative estimate of drug-likeness (QED) is 0.612. The van der Waals surface area contributed by atoms with Gasteiger partial charge in [0.15, 0.2) is 11.6 Å². The summed E-state index contributed by atoms with van der Waals surface area (Å²) in [6.07, 6.45) is 4.65. The molecule has 0 spiro atoms. The van der Waals surface area contributed by atoms with Crippen LogP contribution in [0.3, 0.4) is 0 Å². The van der Waals surface area contributed by atoms with Crippen LogP contribution in [-0.2, 0) is 21.7 Å². The lowest BCUT2D eigenvalue weighted by atomic mass is 9.55. The van der Waals surface area contributed by atoms with Crippen LogP contribution < -0.4 is 4.74 Å². The molecule has 3 nitrogen and oxygen atoms in total. The van der Waals surface area contributed by atoms with E-state index in [4.69, 9.17) is 16.3 Å². The van der Waals surface area contributed by atoms with Crippen LogP contribution in [0.4, 0.5) is 8.78 Å². The van der Waals surface area contributed by atoms with Crippen molar-refractivity contribution in [3.63, 3.8) is 0 Å². The van der Waals surface area contributed by atoms with Gasteiger partial charge in [-0.15, -0.1) is 0 Å². The van der Waals surface area contributed by atoms with Gasteiger partial charge in [0, 0.05) is 28.2 Å². The van der Waals surface area contributed by atoms with Crippen molar-refractivity contribution in [1.82, 2.24) is 0 Å². The molecule has 1 saturated carbocycles. The van der Waals surface area contributed by atoms with Gasteiger partial charge in [-0.05, 0) is 61.4 Å². The number of benzene rings is 2. The molecular formula is C23H25ClF2O3S. The Balaban J connectivity index is 1.80. The third kappa shape index (κ3) is 4.09. The van der Waals surface area contributed by atoms with E-state index in [2.05, 4.69) is 0 Å². The van der Waals surface area contributed by atoms with Crippen molar-refractivity contribution in [3.8, 4) is 5.75 Å². The molecule has 1 fully saturated rings. The fourth-order valence-corrected chi connectivity index (χ4v) is 6.28. The molecule has 1 heterocycles. The first kappa shape index (κ1) is 21.6. The largest absolute Gasteiger partial charge is 0.490 e. The van der Waals surface area contributed by atoms with E-state index in [-0.39, 0.29) is 29.9 Å². The summed E-state index contributed by atoms with van der Waals surface area (Å²) in [7, 11) is -3.11. The van der Waals surface area contributed by atoms with Gasteiger partial charge in [-0.3, -0.25) is 0 Å². The molecule has 30 heavy (non-hydrogen) atoms. The van der Waals surface area contributed by atoms with Crippen LogP contribution >= 0.6 is 11.6 Å². The van der Waals surface area contributed by atoms with Crippen LogP contribution in [0, 0.1) is 23.5 Å². The highest BCUT2D eigenvalue weighted by atomic mass is 35.5. The van der Waals surface area contributed by atoms with Crippen LogP contribution in [0.5, 0.6) is 5.75 Å². The SMILES string of the molecule is CS(=O)(=O)CC[C@H]1CCC[C@]2(Cc3ccc(Cl)cc3)c3c(F)ccc(F)c3OC[C@H]12. The first-order valence-corrected chi connectivity index (χ1v) is 12.7. The maximum atomic E-state index is 15.2. The molecule has 0 aromatic heterocycles. The van der Waals surface area contributed by atoms with Crippen LogP contribution in [0.25, 0.3) is 0 Å². The van der Waals surface area contributed by atoms with Crippen LogP contribution in [-0.4, -0.2) is 27.0 Å². The van der Waals surface area contributed by atoms with Crippen molar-refractivity contribution in [1.29, 1.82) is 0 Å². The van der Waals surface area contributed by atoms with Gasteiger partial charge >= 0.3 is 0 Å². The van der Waals surface area contributed by atoms with Gasteiger partial charge in [-0.2, -0.15) is 0 Å². The smallest absolute Gasteiger partial charge is 0.165 e. The van der Waals surface area contributed by atoms with Crippen LogP contribution in [0.2, 0.25) is 5.02 Å². The zero-order valence-electron chi connectivity index (χ0n) is 16.8. The number of hydrogen-bond donors (Lipinski definition) is 0. The fraction of sp³-hybridized carbons (Fsp3) is 0.478. The van der Waals surface area contributed by atoms with Gasteiger partial charge < -0.3 is 4.74 Å². The maximum absolute atomic E-state index is 15.2. The molecule has 2 aliphatic rings. The number of sulfone groups is 1. The van der Waals surface area contributed by atoms with Crippen molar-refractivity contribution in [2.24, 2.45) is 11.8 Å². The average molecular weight is 455 g/mol. The van der Waals surface area contributed by atoms with Crippen molar-refractivity contribution in [3.05, 3.63) is 64.2 Å². The lowest BCUT2D eigenvalue weighted by Crippen LogP contribution is -2.51. The first-order valence-electron chi connectivity index (χ1n) is 10.2. The van der Waals surface area contributed by atoms with E-state index < -0.39 is 26.9 Å². The van der Waals surface area contributed by atoms with E-state index in [0.29, 0.717) is 29.8 Å². The van der Waals surface area contributed by atoms with Crippen molar-refractivity contribution < 1.29 is 21.9 Å². The van der Waals surface area contributed by atoms with E-state index in [1.165, 1.54) is 12.3 Å². The highest BCUT2D eigenvalue weighted by molar-refractivity contribution is 7.90. The van der Waals surface area contributed by atoms with E-state index in [1.54, 1.807) is 12.1 Å². The number of fused-ring (bicyclic) bond motifs is 3. The van der Waals surface area contributed by atoms with Gasteiger partial charge in [0.25, 0.3) is 0 Å². The summed E-state index contributed by atoms with van der Waals surface area (Å²) >= 11 is 6.04. The first-order chi connectivity index (χ1) is 14.2. The second kappa shape index (κ2) is 8.12. The second-order valence-corrected chi connectivity index (χ2v) is 11.4. The molecule has 0 saturated heterocycles. The molecule has 3 atom stereocenters. The van der Waals surface area contributed by atoms with Crippen molar-refractivity contribution >= 4 is 21.4 Å². The van der Waals surface area contributed by atoms with Gasteiger partial charge in [0.2, 0.25) is 0 Å². The molecule has 4 rings (SSSR count). The minimum Gasteiger partial charge on any atom is -0.490 e. The highest BCUT2D eigenvalue weighted by Gasteiger charge is 2.52. The molecule has 7 heteroatoms. The van der Waals surface area contributed by atoms with E-state index in [0.717, 1.165) is 24.5 Å². The molecule has 0 radical (unpaired) electrons. The van der Waals surface area contributed by atoms with Crippen LogP contribution in [0.1, 0.15) is 36.8 Å². The molecule has 0 unspecified atom stereocenters. The zero-order chi connectivity index (χ0) is 21.5. The Bertz CT molecular complexity index is 1040. The average Bonchev–Trinajstić information content (AvgIpc) is 2.69. The predicted molar refractivity (Wildman–Crippen MR) is 114 cm³/mol. The fourth-order valence-electron chi connectivity index (χ4n) is 5.42. The van der Waals surface area contributed by atoms with Crippen molar-refractivity contribution in [2.45, 2.75) is 37.5 Å². The Morgan fingerprint density at radius 3 is 2.53 bits per heavy atom. The predicted octanol–water partition coefficient (Wildman–Crippen LogP) is 5.34. The third-order valence-corrected chi connectivity index (χ3v) is 7.96. The molecule has 2 aromatic carbocycles. The maximum Gasteiger partial charge on any atom is 0.165 e. The zero-order valence-corrected chi connectivity index (χ0v) is 18.4.